The Morgan fingerprint density at radius 3 is 2.88 bits per heavy atom. The van der Waals surface area contributed by atoms with Gasteiger partial charge in [-0.2, -0.15) is 5.10 Å². The van der Waals surface area contributed by atoms with Crippen molar-refractivity contribution in [1.82, 2.24) is 14.7 Å². The van der Waals surface area contributed by atoms with Crippen molar-refractivity contribution in [1.29, 1.82) is 0 Å². The predicted molar refractivity (Wildman–Crippen MR) is 106 cm³/mol. The van der Waals surface area contributed by atoms with E-state index in [0.717, 1.165) is 50.8 Å². The summed E-state index contributed by atoms with van der Waals surface area (Å²) in [5, 5.41) is 6.41. The van der Waals surface area contributed by atoms with E-state index in [9.17, 15) is 4.79 Å². The quantitative estimate of drug-likeness (QED) is 0.744. The van der Waals surface area contributed by atoms with E-state index in [1.807, 2.05) is 46.8 Å². The van der Waals surface area contributed by atoms with Gasteiger partial charge in [0, 0.05) is 29.5 Å². The van der Waals surface area contributed by atoms with Crippen molar-refractivity contribution in [2.75, 3.05) is 13.1 Å². The van der Waals surface area contributed by atoms with E-state index in [2.05, 4.69) is 5.10 Å². The van der Waals surface area contributed by atoms with Gasteiger partial charge in [0.15, 0.2) is 0 Å². The fourth-order valence-electron chi connectivity index (χ4n) is 3.44. The fraction of sp³-hybridized carbons (Fsp3) is 0.368. The molecule has 3 heterocycles. The number of piperidine rings is 1. The first kappa shape index (κ1) is 17.5. The number of carbonyl (C=O) groups is 1. The summed E-state index contributed by atoms with van der Waals surface area (Å²) < 4.78 is 1.97. The van der Waals surface area contributed by atoms with Crippen molar-refractivity contribution in [2.45, 2.75) is 32.4 Å². The number of carbonyl (C=O) groups excluding carboxylic acids is 1. The van der Waals surface area contributed by atoms with Crippen LogP contribution in [0.2, 0.25) is 5.02 Å². The first-order chi connectivity index (χ1) is 12.5. The average molecular weight is 389 g/mol. The summed E-state index contributed by atoms with van der Waals surface area (Å²) in [6, 6.07) is 9.83. The molecule has 136 valence electrons. The summed E-state index contributed by atoms with van der Waals surface area (Å²) in [5.41, 5.74) is 8.10. The third-order valence-electron chi connectivity index (χ3n) is 4.81. The third-order valence-corrected chi connectivity index (χ3v) is 6.20. The van der Waals surface area contributed by atoms with Gasteiger partial charge in [-0.3, -0.25) is 9.48 Å². The second kappa shape index (κ2) is 7.02. The SMILES string of the molecule is Cc1nn(Cc2ccc(Cl)cc2)c2sc(C(=O)N3CCCC(N)C3)cc12. The standard InChI is InChI=1S/C19H21ClN4OS/c1-12-16-9-17(18(25)23-8-2-3-15(21)11-23)26-19(16)24(22-12)10-13-4-6-14(20)7-5-13/h4-7,9,15H,2-3,8,10-11,21H2,1H3. The lowest BCUT2D eigenvalue weighted by atomic mass is 10.1. The van der Waals surface area contributed by atoms with E-state index in [4.69, 9.17) is 17.3 Å². The normalized spacial score (nSPS) is 17.8. The maximum atomic E-state index is 12.9. The zero-order valence-electron chi connectivity index (χ0n) is 14.6. The van der Waals surface area contributed by atoms with Crippen LogP contribution in [0.15, 0.2) is 30.3 Å². The van der Waals surface area contributed by atoms with E-state index in [1.54, 1.807) is 0 Å². The highest BCUT2D eigenvalue weighted by atomic mass is 35.5. The van der Waals surface area contributed by atoms with Gasteiger partial charge in [0.2, 0.25) is 0 Å². The van der Waals surface area contributed by atoms with E-state index in [0.29, 0.717) is 13.1 Å². The molecule has 1 aliphatic heterocycles. The second-order valence-electron chi connectivity index (χ2n) is 6.85. The number of amides is 1. The Bertz CT molecular complexity index is 947. The van der Waals surface area contributed by atoms with Gasteiger partial charge in [0.05, 0.1) is 17.1 Å². The minimum atomic E-state index is 0.0822. The number of nitrogens with zero attached hydrogens (tertiary/aromatic N) is 3. The zero-order valence-corrected chi connectivity index (χ0v) is 16.2. The summed E-state index contributed by atoms with van der Waals surface area (Å²) in [7, 11) is 0. The molecule has 1 unspecified atom stereocenters. The first-order valence-corrected chi connectivity index (χ1v) is 9.97. The fourth-order valence-corrected chi connectivity index (χ4v) is 4.69. The number of halogens is 1. The Labute approximate surface area is 161 Å². The van der Waals surface area contributed by atoms with Crippen LogP contribution in [0.25, 0.3) is 10.2 Å². The van der Waals surface area contributed by atoms with Gasteiger partial charge in [-0.15, -0.1) is 11.3 Å². The average Bonchev–Trinajstić information content (AvgIpc) is 3.18. The molecule has 3 aromatic rings. The van der Waals surface area contributed by atoms with Crippen LogP contribution in [0, 0.1) is 6.92 Å². The van der Waals surface area contributed by atoms with Gasteiger partial charge in [-0.05, 0) is 43.5 Å². The van der Waals surface area contributed by atoms with Crippen LogP contribution in [0.1, 0.15) is 33.8 Å². The van der Waals surface area contributed by atoms with Gasteiger partial charge >= 0.3 is 0 Å². The number of rotatable bonds is 3. The van der Waals surface area contributed by atoms with Crippen LogP contribution in [-0.2, 0) is 6.54 Å². The largest absolute Gasteiger partial charge is 0.336 e. The minimum Gasteiger partial charge on any atom is -0.336 e. The molecule has 5 nitrogen and oxygen atoms in total. The Kier molecular flexibility index (Phi) is 4.73. The van der Waals surface area contributed by atoms with Crippen molar-refractivity contribution < 1.29 is 4.79 Å². The number of hydrogen-bond donors (Lipinski definition) is 1. The van der Waals surface area contributed by atoms with Crippen molar-refractivity contribution in [3.63, 3.8) is 0 Å². The van der Waals surface area contributed by atoms with Crippen molar-refractivity contribution in [3.05, 3.63) is 51.5 Å². The molecule has 4 rings (SSSR count). The molecule has 1 fully saturated rings. The monoisotopic (exact) mass is 388 g/mol. The van der Waals surface area contributed by atoms with Gasteiger partial charge < -0.3 is 10.6 Å². The van der Waals surface area contributed by atoms with Crippen molar-refractivity contribution in [2.24, 2.45) is 5.73 Å². The van der Waals surface area contributed by atoms with Crippen LogP contribution in [0.5, 0.6) is 0 Å². The number of thiophene rings is 1. The summed E-state index contributed by atoms with van der Waals surface area (Å²) in [6.45, 7) is 4.07. The Morgan fingerprint density at radius 2 is 2.15 bits per heavy atom. The summed E-state index contributed by atoms with van der Waals surface area (Å²) in [4.78, 5) is 16.5. The van der Waals surface area contributed by atoms with Crippen molar-refractivity contribution in [3.8, 4) is 0 Å². The molecule has 2 aromatic heterocycles. The van der Waals surface area contributed by atoms with E-state index < -0.39 is 0 Å². The second-order valence-corrected chi connectivity index (χ2v) is 8.32. The molecule has 1 amide bonds. The Morgan fingerprint density at radius 1 is 1.38 bits per heavy atom. The molecule has 1 atom stereocenters. The molecule has 0 radical (unpaired) electrons. The minimum absolute atomic E-state index is 0.0822. The van der Waals surface area contributed by atoms with Gasteiger partial charge in [0.1, 0.15) is 4.83 Å². The molecule has 1 aliphatic rings. The topological polar surface area (TPSA) is 64.2 Å². The lowest BCUT2D eigenvalue weighted by Crippen LogP contribution is -2.45. The van der Waals surface area contributed by atoms with E-state index >= 15 is 0 Å². The lowest BCUT2D eigenvalue weighted by molar-refractivity contribution is 0.0714. The smallest absolute Gasteiger partial charge is 0.264 e. The van der Waals surface area contributed by atoms with Crippen LogP contribution in [0.4, 0.5) is 0 Å². The maximum Gasteiger partial charge on any atom is 0.264 e. The molecule has 26 heavy (non-hydrogen) atoms. The van der Waals surface area contributed by atoms with Crippen LogP contribution in [0.3, 0.4) is 0 Å². The van der Waals surface area contributed by atoms with Crippen LogP contribution >= 0.6 is 22.9 Å². The molecule has 1 saturated heterocycles. The maximum absolute atomic E-state index is 12.9. The van der Waals surface area contributed by atoms with Gasteiger partial charge in [-0.25, -0.2) is 0 Å². The van der Waals surface area contributed by atoms with Crippen molar-refractivity contribution >= 4 is 39.1 Å². The zero-order chi connectivity index (χ0) is 18.3. The molecular formula is C19H21ClN4OS. The number of nitrogens with two attached hydrogens (primary N) is 1. The summed E-state index contributed by atoms with van der Waals surface area (Å²) in [5.74, 6) is 0.0822. The lowest BCUT2D eigenvalue weighted by Gasteiger charge is -2.30. The molecule has 0 aliphatic carbocycles. The van der Waals surface area contributed by atoms with Gasteiger partial charge in [-0.1, -0.05) is 23.7 Å². The Balaban J connectivity index is 1.62. The highest BCUT2D eigenvalue weighted by Crippen LogP contribution is 2.30. The van der Waals surface area contributed by atoms with Crippen LogP contribution < -0.4 is 5.73 Å². The highest BCUT2D eigenvalue weighted by Gasteiger charge is 2.25. The summed E-state index contributed by atoms with van der Waals surface area (Å²) >= 11 is 7.48. The number of aryl methyl sites for hydroxylation is 1. The Hall–Kier alpha value is -1.89. The summed E-state index contributed by atoms with van der Waals surface area (Å²) in [6.07, 6.45) is 1.96. The molecule has 0 saturated carbocycles. The molecular weight excluding hydrogens is 368 g/mol. The number of fused-ring (bicyclic) bond motifs is 1. The van der Waals surface area contributed by atoms with Gasteiger partial charge in [0.25, 0.3) is 5.91 Å². The van der Waals surface area contributed by atoms with E-state index in [1.165, 1.54) is 11.3 Å². The molecule has 2 N–H and O–H groups in total. The molecule has 0 bridgehead atoms. The number of benzene rings is 1. The first-order valence-electron chi connectivity index (χ1n) is 8.77. The highest BCUT2D eigenvalue weighted by molar-refractivity contribution is 7.20. The molecule has 1 aromatic carbocycles. The van der Waals surface area contributed by atoms with Crippen LogP contribution in [-0.4, -0.2) is 39.7 Å². The predicted octanol–water partition coefficient (Wildman–Crippen LogP) is 3.67. The number of hydrogen-bond acceptors (Lipinski definition) is 4. The molecule has 0 spiro atoms. The number of likely N-dealkylation sites (tertiary alicyclic amines) is 1. The van der Waals surface area contributed by atoms with E-state index in [-0.39, 0.29) is 11.9 Å². The molecule has 7 heteroatoms. The third kappa shape index (κ3) is 3.37. The number of aromatic nitrogens is 2.